The molecule has 0 fully saturated rings. The molecule has 1 rings (SSSR count). The fourth-order valence-corrected chi connectivity index (χ4v) is 1.10. The van der Waals surface area contributed by atoms with E-state index in [1.807, 2.05) is 0 Å². The smallest absolute Gasteiger partial charge is 0.134 e. The molecule has 0 saturated carbocycles. The van der Waals surface area contributed by atoms with Gasteiger partial charge < -0.3 is 5.11 Å². The molecule has 11 heavy (non-hydrogen) atoms. The molecule has 1 aromatic rings. The van der Waals surface area contributed by atoms with Gasteiger partial charge in [0.25, 0.3) is 0 Å². The van der Waals surface area contributed by atoms with Gasteiger partial charge in [0.05, 0.1) is 6.61 Å². The van der Waals surface area contributed by atoms with Crippen molar-refractivity contribution in [3.8, 4) is 0 Å². The lowest BCUT2D eigenvalue weighted by atomic mass is 10.4. The highest BCUT2D eigenvalue weighted by Gasteiger charge is 1.99. The molecule has 0 unspecified atom stereocenters. The van der Waals surface area contributed by atoms with Crippen molar-refractivity contribution in [2.24, 2.45) is 0 Å². The Hall–Kier alpha value is -0.380. The van der Waals surface area contributed by atoms with E-state index < -0.39 is 0 Å². The molecular weight excluding hydrogens is 187 g/mol. The molecule has 5 heteroatoms. The number of hydrogen-bond donors (Lipinski definition) is 1. The number of aliphatic hydroxyl groups is 1. The fourth-order valence-electron chi connectivity index (χ4n) is 0.646. The Kier molecular flexibility index (Phi) is 3.05. The molecular formula is C6H6Cl2N2O. The van der Waals surface area contributed by atoms with Gasteiger partial charge >= 0.3 is 0 Å². The maximum Gasteiger partial charge on any atom is 0.134 e. The minimum absolute atomic E-state index is 0.00330. The van der Waals surface area contributed by atoms with Crippen LogP contribution >= 0.6 is 23.2 Å². The van der Waals surface area contributed by atoms with E-state index in [2.05, 4.69) is 9.97 Å². The SMILES string of the molecule is OCCc1nc(Cl)cc(Cl)n1. The van der Waals surface area contributed by atoms with E-state index in [-0.39, 0.29) is 6.61 Å². The minimum atomic E-state index is -0.00330. The van der Waals surface area contributed by atoms with Gasteiger partial charge in [-0.15, -0.1) is 0 Å². The Morgan fingerprint density at radius 3 is 2.27 bits per heavy atom. The van der Waals surface area contributed by atoms with Gasteiger partial charge in [-0.25, -0.2) is 9.97 Å². The summed E-state index contributed by atoms with van der Waals surface area (Å²) in [4.78, 5) is 7.67. The van der Waals surface area contributed by atoms with Crippen LogP contribution in [0, 0.1) is 0 Å². The predicted octanol–water partition coefficient (Wildman–Crippen LogP) is 1.32. The lowest BCUT2D eigenvalue weighted by molar-refractivity contribution is 0.296. The van der Waals surface area contributed by atoms with E-state index in [1.54, 1.807) is 0 Å². The highest BCUT2D eigenvalue weighted by molar-refractivity contribution is 6.33. The van der Waals surface area contributed by atoms with Crippen molar-refractivity contribution in [3.05, 3.63) is 22.2 Å². The van der Waals surface area contributed by atoms with Crippen LogP contribution in [0.5, 0.6) is 0 Å². The number of aliphatic hydroxyl groups excluding tert-OH is 1. The van der Waals surface area contributed by atoms with E-state index in [4.69, 9.17) is 28.3 Å². The van der Waals surface area contributed by atoms with E-state index in [0.29, 0.717) is 22.6 Å². The molecule has 0 radical (unpaired) electrons. The molecule has 0 saturated heterocycles. The highest BCUT2D eigenvalue weighted by atomic mass is 35.5. The van der Waals surface area contributed by atoms with E-state index in [9.17, 15) is 0 Å². The molecule has 3 nitrogen and oxygen atoms in total. The van der Waals surface area contributed by atoms with Crippen molar-refractivity contribution >= 4 is 23.2 Å². The van der Waals surface area contributed by atoms with Crippen LogP contribution in [0.3, 0.4) is 0 Å². The maximum atomic E-state index is 8.54. The summed E-state index contributed by atoms with van der Waals surface area (Å²) in [6, 6.07) is 1.45. The van der Waals surface area contributed by atoms with Crippen LogP contribution in [0.15, 0.2) is 6.07 Å². The molecule has 1 N–H and O–H groups in total. The van der Waals surface area contributed by atoms with Crippen LogP contribution in [0.1, 0.15) is 5.82 Å². The quantitative estimate of drug-likeness (QED) is 0.720. The summed E-state index contributed by atoms with van der Waals surface area (Å²) in [6.45, 7) is -0.00330. The van der Waals surface area contributed by atoms with Gasteiger partial charge in [0.2, 0.25) is 0 Å². The average Bonchev–Trinajstić information content (AvgIpc) is 1.85. The zero-order valence-corrected chi connectivity index (χ0v) is 7.10. The van der Waals surface area contributed by atoms with Crippen molar-refractivity contribution in [2.45, 2.75) is 6.42 Å². The van der Waals surface area contributed by atoms with Crippen LogP contribution in [-0.4, -0.2) is 21.7 Å². The first-order chi connectivity index (χ1) is 5.22. The molecule has 0 amide bonds. The molecule has 0 aliphatic carbocycles. The van der Waals surface area contributed by atoms with Crippen LogP contribution in [0.2, 0.25) is 10.3 Å². The Balaban J connectivity index is 2.89. The van der Waals surface area contributed by atoms with Crippen LogP contribution < -0.4 is 0 Å². The number of rotatable bonds is 2. The second-order valence-corrected chi connectivity index (χ2v) is 2.68. The van der Waals surface area contributed by atoms with Gasteiger partial charge in [0, 0.05) is 12.5 Å². The van der Waals surface area contributed by atoms with Gasteiger partial charge in [0.1, 0.15) is 16.1 Å². The van der Waals surface area contributed by atoms with Gasteiger partial charge in [-0.05, 0) is 0 Å². The topological polar surface area (TPSA) is 46.0 Å². The van der Waals surface area contributed by atoms with Gasteiger partial charge in [-0.1, -0.05) is 23.2 Å². The summed E-state index contributed by atoms with van der Waals surface area (Å²) in [6.07, 6.45) is 0.375. The summed E-state index contributed by atoms with van der Waals surface area (Å²) in [7, 11) is 0. The summed E-state index contributed by atoms with van der Waals surface area (Å²) in [5.41, 5.74) is 0. The summed E-state index contributed by atoms with van der Waals surface area (Å²) < 4.78 is 0. The first kappa shape index (κ1) is 8.71. The molecule has 60 valence electrons. The Morgan fingerprint density at radius 1 is 1.27 bits per heavy atom. The molecule has 0 aliphatic rings. The van der Waals surface area contributed by atoms with Crippen LogP contribution in [0.4, 0.5) is 0 Å². The van der Waals surface area contributed by atoms with Gasteiger partial charge in [-0.2, -0.15) is 0 Å². The van der Waals surface area contributed by atoms with Crippen LogP contribution in [-0.2, 0) is 6.42 Å². The second-order valence-electron chi connectivity index (χ2n) is 1.90. The van der Waals surface area contributed by atoms with E-state index >= 15 is 0 Å². The van der Waals surface area contributed by atoms with Crippen molar-refractivity contribution in [1.82, 2.24) is 9.97 Å². The third kappa shape index (κ3) is 2.61. The van der Waals surface area contributed by atoms with Crippen molar-refractivity contribution in [2.75, 3.05) is 6.61 Å². The van der Waals surface area contributed by atoms with Gasteiger partial charge in [0.15, 0.2) is 0 Å². The molecule has 0 bridgehead atoms. The number of halogens is 2. The van der Waals surface area contributed by atoms with Crippen LogP contribution in [0.25, 0.3) is 0 Å². The largest absolute Gasteiger partial charge is 0.396 e. The Labute approximate surface area is 74.0 Å². The molecule has 0 spiro atoms. The zero-order valence-electron chi connectivity index (χ0n) is 5.59. The number of aromatic nitrogens is 2. The summed E-state index contributed by atoms with van der Waals surface area (Å²) in [5, 5.41) is 9.13. The van der Waals surface area contributed by atoms with Crippen molar-refractivity contribution in [3.63, 3.8) is 0 Å². The lowest BCUT2D eigenvalue weighted by Gasteiger charge is -1.97. The zero-order chi connectivity index (χ0) is 8.27. The fraction of sp³-hybridized carbons (Fsp3) is 0.333. The third-order valence-electron chi connectivity index (χ3n) is 1.05. The molecule has 0 atom stereocenters. The molecule has 0 aromatic carbocycles. The average molecular weight is 193 g/mol. The summed E-state index contributed by atoms with van der Waals surface area (Å²) in [5.74, 6) is 0.463. The Morgan fingerprint density at radius 2 is 1.82 bits per heavy atom. The second kappa shape index (κ2) is 3.85. The van der Waals surface area contributed by atoms with Crippen molar-refractivity contribution in [1.29, 1.82) is 0 Å². The Bertz CT molecular complexity index is 234. The maximum absolute atomic E-state index is 8.54. The standard InChI is InChI=1S/C6H6Cl2N2O/c7-4-3-5(8)10-6(9-4)1-2-11/h3,11H,1-2H2. The monoisotopic (exact) mass is 192 g/mol. The normalized spacial score (nSPS) is 10.1. The van der Waals surface area contributed by atoms with Gasteiger partial charge in [-0.3, -0.25) is 0 Å². The molecule has 1 aromatic heterocycles. The number of nitrogens with zero attached hydrogens (tertiary/aromatic N) is 2. The summed E-state index contributed by atoms with van der Waals surface area (Å²) >= 11 is 11.1. The first-order valence-corrected chi connectivity index (χ1v) is 3.78. The first-order valence-electron chi connectivity index (χ1n) is 3.02. The van der Waals surface area contributed by atoms with Crippen molar-refractivity contribution < 1.29 is 5.11 Å². The van der Waals surface area contributed by atoms with E-state index in [0.717, 1.165) is 0 Å². The predicted molar refractivity (Wildman–Crippen MR) is 42.8 cm³/mol. The molecule has 1 heterocycles. The minimum Gasteiger partial charge on any atom is -0.396 e. The molecule has 0 aliphatic heterocycles. The van der Waals surface area contributed by atoms with E-state index in [1.165, 1.54) is 6.07 Å². The highest BCUT2D eigenvalue weighted by Crippen LogP contribution is 2.11. The third-order valence-corrected chi connectivity index (χ3v) is 1.43. The number of hydrogen-bond acceptors (Lipinski definition) is 3. The lowest BCUT2D eigenvalue weighted by Crippen LogP contribution is -1.98.